The van der Waals surface area contributed by atoms with Crippen LogP contribution in [0.4, 0.5) is 0 Å². The van der Waals surface area contributed by atoms with E-state index < -0.39 is 0 Å². The van der Waals surface area contributed by atoms with Gasteiger partial charge in [0.2, 0.25) is 5.91 Å². The molecule has 0 saturated carbocycles. The second kappa shape index (κ2) is 9.32. The lowest BCUT2D eigenvalue weighted by molar-refractivity contribution is -0.124. The molecule has 0 fully saturated rings. The molecule has 2 N–H and O–H groups in total. The minimum atomic E-state index is -0.123. The quantitative estimate of drug-likeness (QED) is 0.597. The summed E-state index contributed by atoms with van der Waals surface area (Å²) in [5.74, 6) is 0.0923. The topological polar surface area (TPSA) is 44.4 Å². The lowest BCUT2D eigenvalue weighted by Gasteiger charge is -2.27. The van der Waals surface area contributed by atoms with Crippen LogP contribution in [0, 0.1) is 0 Å². The molecule has 0 radical (unpaired) electrons. The number of carbonyl (C=O) groups excluding carboxylic acids is 1. The molecule has 1 atom stereocenters. The van der Waals surface area contributed by atoms with E-state index in [1.165, 1.54) is 0 Å². The molecule has 0 saturated heterocycles. The molecule has 1 amide bonds. The van der Waals surface area contributed by atoms with Gasteiger partial charge in [-0.25, -0.2) is 0 Å². The Morgan fingerprint density at radius 2 is 1.79 bits per heavy atom. The highest BCUT2D eigenvalue weighted by Crippen LogP contribution is 2.06. The maximum atomic E-state index is 12.0. The van der Waals surface area contributed by atoms with Crippen LogP contribution >= 0.6 is 0 Å². The summed E-state index contributed by atoms with van der Waals surface area (Å²) in [6.45, 7) is 16.7. The van der Waals surface area contributed by atoms with E-state index in [0.717, 1.165) is 39.0 Å². The first-order valence-corrected chi connectivity index (χ1v) is 7.64. The molecule has 0 aromatic heterocycles. The Kier molecular flexibility index (Phi) is 9.02. The lowest BCUT2D eigenvalue weighted by atomic mass is 10.0. The Hall–Kier alpha value is -0.610. The van der Waals surface area contributed by atoms with Crippen molar-refractivity contribution >= 4 is 5.91 Å². The summed E-state index contributed by atoms with van der Waals surface area (Å²) in [6.07, 6.45) is 2.02. The smallest absolute Gasteiger partial charge is 0.237 e. The van der Waals surface area contributed by atoms with E-state index in [-0.39, 0.29) is 17.5 Å². The van der Waals surface area contributed by atoms with Crippen LogP contribution in [0.25, 0.3) is 0 Å². The molecule has 0 aliphatic heterocycles. The van der Waals surface area contributed by atoms with Gasteiger partial charge in [0.25, 0.3) is 0 Å². The van der Waals surface area contributed by atoms with E-state index in [0.29, 0.717) is 0 Å². The molecular weight excluding hydrogens is 238 g/mol. The fourth-order valence-corrected chi connectivity index (χ4v) is 1.78. The Morgan fingerprint density at radius 3 is 2.26 bits per heavy atom. The first-order valence-electron chi connectivity index (χ1n) is 7.64. The number of nitrogens with zero attached hydrogens (tertiary/aromatic N) is 1. The summed E-state index contributed by atoms with van der Waals surface area (Å²) in [7, 11) is 0. The van der Waals surface area contributed by atoms with Gasteiger partial charge in [-0.1, -0.05) is 20.8 Å². The maximum absolute atomic E-state index is 12.0. The Labute approximate surface area is 119 Å². The van der Waals surface area contributed by atoms with Crippen LogP contribution in [0.3, 0.4) is 0 Å². The minimum Gasteiger partial charge on any atom is -0.350 e. The van der Waals surface area contributed by atoms with Gasteiger partial charge in [-0.05, 0) is 59.8 Å². The molecule has 4 heteroatoms. The molecule has 19 heavy (non-hydrogen) atoms. The zero-order chi connectivity index (χ0) is 14.9. The van der Waals surface area contributed by atoms with Crippen LogP contribution in [0.5, 0.6) is 0 Å². The maximum Gasteiger partial charge on any atom is 0.237 e. The number of amides is 1. The van der Waals surface area contributed by atoms with Crippen molar-refractivity contribution in [3.05, 3.63) is 0 Å². The third-order valence-corrected chi connectivity index (χ3v) is 3.73. The molecule has 0 spiro atoms. The predicted octanol–water partition coefficient (Wildman–Crippen LogP) is 2.00. The van der Waals surface area contributed by atoms with Gasteiger partial charge in [-0.3, -0.25) is 4.79 Å². The van der Waals surface area contributed by atoms with Crippen molar-refractivity contribution in [2.75, 3.05) is 26.2 Å². The summed E-state index contributed by atoms with van der Waals surface area (Å²) >= 11 is 0. The van der Waals surface area contributed by atoms with Crippen molar-refractivity contribution < 1.29 is 4.79 Å². The van der Waals surface area contributed by atoms with Crippen LogP contribution in [-0.2, 0) is 4.79 Å². The molecule has 1 unspecified atom stereocenters. The van der Waals surface area contributed by atoms with Gasteiger partial charge in [0, 0.05) is 5.54 Å². The standard InChI is InChI=1S/C15H33N3O/c1-7-15(5,6)17-14(19)13(4)16-11-10-12-18(8-2)9-3/h13,16H,7-12H2,1-6H3,(H,17,19). The normalized spacial score (nSPS) is 13.6. The molecule has 114 valence electrons. The zero-order valence-corrected chi connectivity index (χ0v) is 13.7. The van der Waals surface area contributed by atoms with Crippen molar-refractivity contribution in [2.45, 2.75) is 66.0 Å². The highest BCUT2D eigenvalue weighted by atomic mass is 16.2. The van der Waals surface area contributed by atoms with Crippen LogP contribution in [0.15, 0.2) is 0 Å². The van der Waals surface area contributed by atoms with E-state index >= 15 is 0 Å². The van der Waals surface area contributed by atoms with Crippen LogP contribution in [0.2, 0.25) is 0 Å². The monoisotopic (exact) mass is 271 g/mol. The van der Waals surface area contributed by atoms with Gasteiger partial charge in [0.05, 0.1) is 6.04 Å². The third kappa shape index (κ3) is 8.22. The van der Waals surface area contributed by atoms with Crippen molar-refractivity contribution in [1.82, 2.24) is 15.5 Å². The number of carbonyl (C=O) groups is 1. The van der Waals surface area contributed by atoms with E-state index in [2.05, 4.69) is 50.2 Å². The molecule has 0 rings (SSSR count). The SMILES string of the molecule is CCN(CC)CCCNC(C)C(=O)NC(C)(C)CC. The molecule has 0 aromatic carbocycles. The van der Waals surface area contributed by atoms with Crippen LogP contribution in [-0.4, -0.2) is 48.6 Å². The molecule has 0 bridgehead atoms. The molecule has 0 aliphatic rings. The van der Waals surface area contributed by atoms with Crippen molar-refractivity contribution in [3.8, 4) is 0 Å². The number of nitrogens with one attached hydrogen (secondary N) is 2. The summed E-state index contributed by atoms with van der Waals surface area (Å²) in [5, 5.41) is 6.36. The van der Waals surface area contributed by atoms with Crippen LogP contribution < -0.4 is 10.6 Å². The average Bonchev–Trinajstić information content (AvgIpc) is 2.38. The van der Waals surface area contributed by atoms with Gasteiger partial charge >= 0.3 is 0 Å². The minimum absolute atomic E-state index is 0.0923. The van der Waals surface area contributed by atoms with Gasteiger partial charge in [-0.15, -0.1) is 0 Å². The summed E-state index contributed by atoms with van der Waals surface area (Å²) in [6, 6.07) is -0.123. The first kappa shape index (κ1) is 18.4. The van der Waals surface area contributed by atoms with Crippen molar-refractivity contribution in [1.29, 1.82) is 0 Å². The van der Waals surface area contributed by atoms with Gasteiger partial charge in [0.15, 0.2) is 0 Å². The van der Waals surface area contributed by atoms with E-state index in [1.807, 2.05) is 6.92 Å². The summed E-state index contributed by atoms with van der Waals surface area (Å²) in [4.78, 5) is 14.4. The zero-order valence-electron chi connectivity index (χ0n) is 13.7. The van der Waals surface area contributed by atoms with Crippen LogP contribution in [0.1, 0.15) is 54.4 Å². The summed E-state index contributed by atoms with van der Waals surface area (Å²) < 4.78 is 0. The number of hydrogen-bond acceptors (Lipinski definition) is 3. The van der Waals surface area contributed by atoms with E-state index in [9.17, 15) is 4.79 Å². The third-order valence-electron chi connectivity index (χ3n) is 3.73. The number of hydrogen-bond donors (Lipinski definition) is 2. The van der Waals surface area contributed by atoms with Gasteiger partial charge in [-0.2, -0.15) is 0 Å². The Morgan fingerprint density at radius 1 is 1.21 bits per heavy atom. The molecule has 0 aromatic rings. The molecular formula is C15H33N3O. The molecule has 0 aliphatic carbocycles. The molecule has 4 nitrogen and oxygen atoms in total. The largest absolute Gasteiger partial charge is 0.350 e. The van der Waals surface area contributed by atoms with E-state index in [1.54, 1.807) is 0 Å². The van der Waals surface area contributed by atoms with Gasteiger partial charge < -0.3 is 15.5 Å². The van der Waals surface area contributed by atoms with Gasteiger partial charge in [0.1, 0.15) is 0 Å². The lowest BCUT2D eigenvalue weighted by Crippen LogP contribution is -2.51. The average molecular weight is 271 g/mol. The first-order chi connectivity index (χ1) is 8.86. The highest BCUT2D eigenvalue weighted by molar-refractivity contribution is 5.81. The van der Waals surface area contributed by atoms with Crippen molar-refractivity contribution in [3.63, 3.8) is 0 Å². The van der Waals surface area contributed by atoms with E-state index in [4.69, 9.17) is 0 Å². The van der Waals surface area contributed by atoms with Crippen molar-refractivity contribution in [2.24, 2.45) is 0 Å². The Bertz CT molecular complexity index is 250. The Balaban J connectivity index is 3.85. The second-order valence-electron chi connectivity index (χ2n) is 5.78. The predicted molar refractivity (Wildman–Crippen MR) is 82.4 cm³/mol. The fraction of sp³-hybridized carbons (Fsp3) is 0.933. The fourth-order valence-electron chi connectivity index (χ4n) is 1.78. The second-order valence-corrected chi connectivity index (χ2v) is 5.78. The highest BCUT2D eigenvalue weighted by Gasteiger charge is 2.21. The number of rotatable bonds is 10. The molecule has 0 heterocycles. The summed E-state index contributed by atoms with van der Waals surface area (Å²) in [5.41, 5.74) is -0.117.